The smallest absolute Gasteiger partial charge is 0.255 e. The van der Waals surface area contributed by atoms with Gasteiger partial charge in [-0.3, -0.25) is 9.89 Å². The third-order valence-corrected chi connectivity index (χ3v) is 5.53. The van der Waals surface area contributed by atoms with Crippen LogP contribution in [0.3, 0.4) is 0 Å². The molecule has 158 valence electrons. The largest absolute Gasteiger partial charge is 0.507 e. The topological polar surface area (TPSA) is 78.0 Å². The number of benzene rings is 3. The fourth-order valence-electron chi connectivity index (χ4n) is 3.78. The first-order valence-electron chi connectivity index (χ1n) is 10.8. The Morgan fingerprint density at radius 1 is 0.871 bits per heavy atom. The number of aromatic amines is 1. The van der Waals surface area contributed by atoms with E-state index in [1.54, 1.807) is 18.2 Å². The average molecular weight is 414 g/mol. The number of carbonyl (C=O) groups excluding carboxylic acids is 1. The average Bonchev–Trinajstić information content (AvgIpc) is 3.20. The minimum atomic E-state index is -0.242. The van der Waals surface area contributed by atoms with Gasteiger partial charge in [-0.1, -0.05) is 54.6 Å². The second-order valence-electron chi connectivity index (χ2n) is 7.77. The first-order valence-corrected chi connectivity index (χ1v) is 10.8. The second kappa shape index (κ2) is 9.94. The van der Waals surface area contributed by atoms with Crippen LogP contribution in [-0.4, -0.2) is 27.8 Å². The molecule has 0 saturated heterocycles. The van der Waals surface area contributed by atoms with Crippen molar-refractivity contribution in [2.24, 2.45) is 0 Å². The number of unbranched alkanes of at least 4 members (excludes halogenated alkanes) is 1. The summed E-state index contributed by atoms with van der Waals surface area (Å²) >= 11 is 0. The molecular weight excluding hydrogens is 386 g/mol. The van der Waals surface area contributed by atoms with Gasteiger partial charge in [-0.05, 0) is 61.4 Å². The predicted molar refractivity (Wildman–Crippen MR) is 123 cm³/mol. The SMILES string of the molecule is O=C(NCCCCc1[nH]nc2cc(CCc3ccccc3)ccc12)c1ccccc1O. The number of hydrogen-bond donors (Lipinski definition) is 3. The molecule has 0 aliphatic rings. The molecule has 3 N–H and O–H groups in total. The minimum Gasteiger partial charge on any atom is -0.507 e. The number of para-hydroxylation sites is 1. The van der Waals surface area contributed by atoms with Gasteiger partial charge in [0.15, 0.2) is 0 Å². The molecule has 0 fully saturated rings. The van der Waals surface area contributed by atoms with Crippen molar-refractivity contribution in [3.05, 3.63) is 95.2 Å². The number of amides is 1. The summed E-state index contributed by atoms with van der Waals surface area (Å²) in [6, 6.07) is 23.6. The monoisotopic (exact) mass is 413 g/mol. The van der Waals surface area contributed by atoms with E-state index in [2.05, 4.69) is 58.0 Å². The second-order valence-corrected chi connectivity index (χ2v) is 7.77. The number of H-pyrrole nitrogens is 1. The Balaban J connectivity index is 1.25. The summed E-state index contributed by atoms with van der Waals surface area (Å²) in [7, 11) is 0. The van der Waals surface area contributed by atoms with Crippen LogP contribution in [0.2, 0.25) is 0 Å². The van der Waals surface area contributed by atoms with E-state index in [4.69, 9.17) is 0 Å². The van der Waals surface area contributed by atoms with Crippen LogP contribution in [-0.2, 0) is 19.3 Å². The number of hydrogen-bond acceptors (Lipinski definition) is 3. The number of aromatic nitrogens is 2. The quantitative estimate of drug-likeness (QED) is 0.345. The van der Waals surface area contributed by atoms with E-state index in [1.807, 2.05) is 6.07 Å². The van der Waals surface area contributed by atoms with Crippen molar-refractivity contribution in [1.82, 2.24) is 15.5 Å². The number of aromatic hydroxyl groups is 1. The van der Waals surface area contributed by atoms with E-state index >= 15 is 0 Å². The van der Waals surface area contributed by atoms with Crippen molar-refractivity contribution in [3.8, 4) is 5.75 Å². The molecule has 0 saturated carbocycles. The number of rotatable bonds is 9. The summed E-state index contributed by atoms with van der Waals surface area (Å²) in [5.41, 5.74) is 5.09. The molecule has 1 amide bonds. The lowest BCUT2D eigenvalue weighted by atomic mass is 10.0. The van der Waals surface area contributed by atoms with Gasteiger partial charge in [0.1, 0.15) is 5.75 Å². The summed E-state index contributed by atoms with van der Waals surface area (Å²) in [5.74, 6) is -0.236. The van der Waals surface area contributed by atoms with E-state index in [1.165, 1.54) is 22.6 Å². The highest BCUT2D eigenvalue weighted by molar-refractivity contribution is 5.96. The Kier molecular flexibility index (Phi) is 6.62. The molecule has 3 aromatic carbocycles. The molecule has 31 heavy (non-hydrogen) atoms. The van der Waals surface area contributed by atoms with Gasteiger partial charge in [0, 0.05) is 17.6 Å². The number of aryl methyl sites for hydroxylation is 3. The van der Waals surface area contributed by atoms with Gasteiger partial charge in [0.25, 0.3) is 5.91 Å². The minimum absolute atomic E-state index is 0.00654. The molecule has 4 aromatic rings. The normalized spacial score (nSPS) is 11.0. The third kappa shape index (κ3) is 5.31. The maximum atomic E-state index is 12.1. The highest BCUT2D eigenvalue weighted by Gasteiger charge is 2.10. The summed E-state index contributed by atoms with van der Waals surface area (Å²) in [6.07, 6.45) is 4.70. The number of nitrogens with zero attached hydrogens (tertiary/aromatic N) is 1. The van der Waals surface area contributed by atoms with Crippen LogP contribution < -0.4 is 5.32 Å². The van der Waals surface area contributed by atoms with Crippen molar-refractivity contribution in [3.63, 3.8) is 0 Å². The van der Waals surface area contributed by atoms with E-state index in [0.29, 0.717) is 12.1 Å². The lowest BCUT2D eigenvalue weighted by Gasteiger charge is -2.06. The summed E-state index contributed by atoms with van der Waals surface area (Å²) in [5, 5.41) is 21.4. The Labute approximate surface area is 182 Å². The van der Waals surface area contributed by atoms with Gasteiger partial charge in [-0.2, -0.15) is 5.10 Å². The lowest BCUT2D eigenvalue weighted by Crippen LogP contribution is -2.24. The predicted octanol–water partition coefficient (Wildman–Crippen LogP) is 4.81. The summed E-state index contributed by atoms with van der Waals surface area (Å²) < 4.78 is 0. The van der Waals surface area contributed by atoms with Crippen LogP contribution >= 0.6 is 0 Å². The number of carbonyl (C=O) groups is 1. The molecule has 0 radical (unpaired) electrons. The van der Waals surface area contributed by atoms with Crippen LogP contribution in [0.4, 0.5) is 0 Å². The zero-order chi connectivity index (χ0) is 21.5. The van der Waals surface area contributed by atoms with Gasteiger partial charge in [-0.15, -0.1) is 0 Å². The van der Waals surface area contributed by atoms with Crippen molar-refractivity contribution >= 4 is 16.8 Å². The Morgan fingerprint density at radius 2 is 1.65 bits per heavy atom. The maximum Gasteiger partial charge on any atom is 0.255 e. The molecule has 0 bridgehead atoms. The molecule has 0 aliphatic heterocycles. The third-order valence-electron chi connectivity index (χ3n) is 5.53. The van der Waals surface area contributed by atoms with Gasteiger partial charge >= 0.3 is 0 Å². The number of phenols is 1. The first kappa shape index (κ1) is 20.7. The van der Waals surface area contributed by atoms with Crippen LogP contribution in [0.1, 0.15) is 40.0 Å². The van der Waals surface area contributed by atoms with E-state index in [9.17, 15) is 9.90 Å². The molecule has 0 spiro atoms. The molecule has 1 aromatic heterocycles. The van der Waals surface area contributed by atoms with Gasteiger partial charge in [-0.25, -0.2) is 0 Å². The Bertz CT molecular complexity index is 1150. The van der Waals surface area contributed by atoms with E-state index in [-0.39, 0.29) is 11.7 Å². The van der Waals surface area contributed by atoms with Crippen molar-refractivity contribution in [2.45, 2.75) is 32.1 Å². The number of nitrogens with one attached hydrogen (secondary N) is 2. The highest BCUT2D eigenvalue weighted by Crippen LogP contribution is 2.20. The first-order chi connectivity index (χ1) is 15.2. The van der Waals surface area contributed by atoms with E-state index < -0.39 is 0 Å². The molecule has 4 rings (SSSR count). The van der Waals surface area contributed by atoms with Gasteiger partial charge in [0.05, 0.1) is 11.1 Å². The molecule has 0 aliphatic carbocycles. The summed E-state index contributed by atoms with van der Waals surface area (Å²) in [4.78, 5) is 12.1. The molecule has 0 atom stereocenters. The van der Waals surface area contributed by atoms with Crippen LogP contribution in [0, 0.1) is 0 Å². The fourth-order valence-corrected chi connectivity index (χ4v) is 3.78. The molecule has 5 heteroatoms. The Hall–Kier alpha value is -3.60. The van der Waals surface area contributed by atoms with E-state index in [0.717, 1.165) is 43.3 Å². The van der Waals surface area contributed by atoms with Crippen LogP contribution in [0.5, 0.6) is 5.75 Å². The maximum absolute atomic E-state index is 12.1. The molecule has 5 nitrogen and oxygen atoms in total. The molecule has 0 unspecified atom stereocenters. The van der Waals surface area contributed by atoms with Crippen LogP contribution in [0.25, 0.3) is 10.9 Å². The number of phenolic OH excluding ortho intramolecular Hbond substituents is 1. The van der Waals surface area contributed by atoms with Gasteiger partial charge < -0.3 is 10.4 Å². The zero-order valence-corrected chi connectivity index (χ0v) is 17.5. The standard InChI is InChI=1S/C26H27N3O2/c30-25-12-5-4-10-22(25)26(31)27-17-7-6-11-23-21-16-15-20(18-24(21)29-28-23)14-13-19-8-2-1-3-9-19/h1-5,8-10,12,15-16,18,30H,6-7,11,13-14,17H2,(H,27,31)(H,28,29). The number of fused-ring (bicyclic) bond motifs is 1. The lowest BCUT2D eigenvalue weighted by molar-refractivity contribution is 0.0950. The fraction of sp³-hybridized carbons (Fsp3) is 0.231. The van der Waals surface area contributed by atoms with Crippen molar-refractivity contribution in [1.29, 1.82) is 0 Å². The van der Waals surface area contributed by atoms with Crippen LogP contribution in [0.15, 0.2) is 72.8 Å². The molecular formula is C26H27N3O2. The Morgan fingerprint density at radius 3 is 2.48 bits per heavy atom. The highest BCUT2D eigenvalue weighted by atomic mass is 16.3. The van der Waals surface area contributed by atoms with Crippen molar-refractivity contribution < 1.29 is 9.90 Å². The molecule has 1 heterocycles. The van der Waals surface area contributed by atoms with Gasteiger partial charge in [0.2, 0.25) is 0 Å². The zero-order valence-electron chi connectivity index (χ0n) is 17.5. The summed E-state index contributed by atoms with van der Waals surface area (Å²) in [6.45, 7) is 0.572. The van der Waals surface area contributed by atoms with Crippen molar-refractivity contribution in [2.75, 3.05) is 6.54 Å².